The molecular weight excluding hydrogens is 358 g/mol. The maximum absolute atomic E-state index is 12.1. The third-order valence-electron chi connectivity index (χ3n) is 3.02. The lowest BCUT2D eigenvalue weighted by molar-refractivity contribution is -0.331. The average Bonchev–Trinajstić information content (AvgIpc) is 2.50. The summed E-state index contributed by atoms with van der Waals surface area (Å²) in [4.78, 5) is 46.7. The number of unbranched alkanes of at least 4 members (excludes halogenated alkanes) is 3. The molecule has 1 aliphatic rings. The molecule has 22 heavy (non-hydrogen) atoms. The highest BCUT2D eigenvalue weighted by Crippen LogP contribution is 2.12. The van der Waals surface area contributed by atoms with Crippen molar-refractivity contribution in [3.05, 3.63) is 0 Å². The van der Waals surface area contributed by atoms with Gasteiger partial charge in [-0.1, -0.05) is 47.0 Å². The Bertz CT molecular complexity index is 506. The fraction of sp³-hybridized carbons (Fsp3) is 0.615. The summed E-state index contributed by atoms with van der Waals surface area (Å²) in [5.41, 5.74) is 0. The van der Waals surface area contributed by atoms with E-state index in [9.17, 15) is 19.2 Å². The van der Waals surface area contributed by atoms with E-state index >= 15 is 0 Å². The van der Waals surface area contributed by atoms with E-state index in [1.807, 2.05) is 0 Å². The molecule has 1 heterocycles. The molecule has 0 bridgehead atoms. The van der Waals surface area contributed by atoms with Gasteiger partial charge in [-0.25, -0.2) is 14.4 Å². The molecule has 122 valence electrons. The van der Waals surface area contributed by atoms with Gasteiger partial charge in [0.05, 0.1) is 19.9 Å². The van der Waals surface area contributed by atoms with E-state index in [-0.39, 0.29) is 4.90 Å². The Kier molecular flexibility index (Phi) is 7.16. The minimum absolute atomic E-state index is 0.288. The number of ether oxygens (including phenoxy) is 1. The van der Waals surface area contributed by atoms with Crippen molar-refractivity contribution in [1.82, 2.24) is 10.2 Å². The predicted octanol–water partition coefficient (Wildman–Crippen LogP) is 1.85. The number of carbonyl (C=O) groups is 4. The van der Waals surface area contributed by atoms with E-state index < -0.39 is 28.9 Å². The standard InChI is InChI=1S/C13H18BrN3O5/c1-3-4-5-6-7-15-11(19)16-8-9(14)10(18)17(12(16)20)13(21)22-2/h8-9H,3-7H2,1-2H3/p+1. The highest BCUT2D eigenvalue weighted by atomic mass is 79.9. The summed E-state index contributed by atoms with van der Waals surface area (Å²) < 4.78 is 5.08. The summed E-state index contributed by atoms with van der Waals surface area (Å²) in [6.45, 7) is 2.49. The van der Waals surface area contributed by atoms with Crippen molar-refractivity contribution in [2.45, 2.75) is 37.4 Å². The van der Waals surface area contributed by atoms with Crippen LogP contribution >= 0.6 is 15.9 Å². The normalized spacial score (nSPS) is 18.0. The molecule has 9 heteroatoms. The van der Waals surface area contributed by atoms with Crippen LogP contribution in [0.5, 0.6) is 0 Å². The van der Waals surface area contributed by atoms with Crippen LogP contribution in [0.15, 0.2) is 0 Å². The molecule has 0 aromatic rings. The summed E-state index contributed by atoms with van der Waals surface area (Å²) >= 11 is 3.00. The average molecular weight is 377 g/mol. The number of nitrogens with zero attached hydrogens (tertiary/aromatic N) is 2. The van der Waals surface area contributed by atoms with Gasteiger partial charge in [-0.05, 0) is 6.42 Å². The van der Waals surface area contributed by atoms with Gasteiger partial charge >= 0.3 is 24.1 Å². The lowest BCUT2D eigenvalue weighted by Crippen LogP contribution is -2.57. The first-order valence-corrected chi connectivity index (χ1v) is 7.87. The van der Waals surface area contributed by atoms with E-state index in [1.165, 1.54) is 0 Å². The second kappa shape index (κ2) is 8.62. The number of hydrogen-bond acceptors (Lipinski definition) is 5. The number of methoxy groups -OCH3 is 1. The van der Waals surface area contributed by atoms with Crippen molar-refractivity contribution in [1.29, 1.82) is 0 Å². The lowest BCUT2D eigenvalue weighted by atomic mass is 10.2. The van der Waals surface area contributed by atoms with Crippen LogP contribution in [0.2, 0.25) is 0 Å². The van der Waals surface area contributed by atoms with Crippen molar-refractivity contribution < 1.29 is 28.5 Å². The lowest BCUT2D eigenvalue weighted by Gasteiger charge is -2.19. The Labute approximate surface area is 136 Å². The third-order valence-corrected chi connectivity index (χ3v) is 3.64. The number of alkyl halides is 1. The summed E-state index contributed by atoms with van der Waals surface area (Å²) in [5.74, 6) is -0.802. The molecular formula is C13H19BrN3O5+. The fourth-order valence-electron chi connectivity index (χ4n) is 1.83. The molecule has 0 saturated carbocycles. The quantitative estimate of drug-likeness (QED) is 0.448. The van der Waals surface area contributed by atoms with Gasteiger partial charge in [0.25, 0.3) is 0 Å². The van der Waals surface area contributed by atoms with Gasteiger partial charge in [-0.2, -0.15) is 0 Å². The van der Waals surface area contributed by atoms with Gasteiger partial charge in [0.1, 0.15) is 0 Å². The molecule has 1 atom stereocenters. The highest BCUT2D eigenvalue weighted by molar-refractivity contribution is 9.10. The maximum Gasteiger partial charge on any atom is 0.486 e. The Morgan fingerprint density at radius 3 is 2.64 bits per heavy atom. The van der Waals surface area contributed by atoms with Gasteiger partial charge in [0, 0.05) is 0 Å². The van der Waals surface area contributed by atoms with Crippen molar-refractivity contribution in [3.63, 3.8) is 0 Å². The van der Waals surface area contributed by atoms with Gasteiger partial charge < -0.3 is 4.74 Å². The molecule has 0 spiro atoms. The van der Waals surface area contributed by atoms with E-state index in [1.54, 1.807) is 0 Å². The molecule has 1 aliphatic heterocycles. The van der Waals surface area contributed by atoms with E-state index in [2.05, 4.69) is 32.9 Å². The molecule has 0 aromatic carbocycles. The van der Waals surface area contributed by atoms with Gasteiger partial charge in [0.15, 0.2) is 4.83 Å². The van der Waals surface area contributed by atoms with Crippen LogP contribution in [0.4, 0.5) is 14.4 Å². The highest BCUT2D eigenvalue weighted by Gasteiger charge is 2.47. The van der Waals surface area contributed by atoms with Gasteiger partial charge in [-0.15, -0.1) is 4.58 Å². The molecule has 1 rings (SSSR count). The van der Waals surface area contributed by atoms with Crippen molar-refractivity contribution >= 4 is 46.2 Å². The number of urea groups is 2. The summed E-state index contributed by atoms with van der Waals surface area (Å²) in [6.07, 6.45) is 3.90. The molecule has 0 saturated heterocycles. The molecule has 0 radical (unpaired) electrons. The summed E-state index contributed by atoms with van der Waals surface area (Å²) in [5, 5.41) is 2.58. The zero-order chi connectivity index (χ0) is 16.7. The smallest absolute Gasteiger partial charge is 0.440 e. The topological polar surface area (TPSA) is 95.8 Å². The number of nitrogens with one attached hydrogen (secondary N) is 1. The predicted molar refractivity (Wildman–Crippen MR) is 81.2 cm³/mol. The number of carbonyl (C=O) groups excluding carboxylic acids is 4. The second-order valence-electron chi connectivity index (χ2n) is 4.64. The summed E-state index contributed by atoms with van der Waals surface area (Å²) in [6, 6.07) is -1.74. The number of rotatable bonds is 5. The fourth-order valence-corrected chi connectivity index (χ4v) is 2.27. The molecule has 1 unspecified atom stereocenters. The molecule has 1 N–H and O–H groups in total. The maximum atomic E-state index is 12.1. The zero-order valence-electron chi connectivity index (χ0n) is 12.5. The largest absolute Gasteiger partial charge is 0.486 e. The third kappa shape index (κ3) is 4.36. The Hall–Kier alpha value is -1.77. The van der Waals surface area contributed by atoms with Gasteiger partial charge in [-0.3, -0.25) is 10.1 Å². The van der Waals surface area contributed by atoms with Crippen LogP contribution in [0.1, 0.15) is 32.6 Å². The number of halogens is 1. The molecule has 0 aromatic heterocycles. The van der Waals surface area contributed by atoms with Crippen LogP contribution in [-0.4, -0.2) is 58.2 Å². The van der Waals surface area contributed by atoms with E-state index in [0.29, 0.717) is 11.1 Å². The minimum atomic E-state index is -1.13. The van der Waals surface area contributed by atoms with Gasteiger partial charge in [0.2, 0.25) is 0 Å². The van der Waals surface area contributed by atoms with E-state index in [4.69, 9.17) is 0 Å². The van der Waals surface area contributed by atoms with Crippen LogP contribution in [0.3, 0.4) is 0 Å². The molecule has 0 fully saturated rings. The van der Waals surface area contributed by atoms with E-state index in [0.717, 1.165) is 39.0 Å². The summed E-state index contributed by atoms with van der Waals surface area (Å²) in [7, 11) is 1.04. The van der Waals surface area contributed by atoms with Crippen LogP contribution < -0.4 is 5.32 Å². The Morgan fingerprint density at radius 1 is 1.36 bits per heavy atom. The van der Waals surface area contributed by atoms with Crippen LogP contribution in [-0.2, 0) is 9.53 Å². The van der Waals surface area contributed by atoms with Crippen LogP contribution in [0.25, 0.3) is 0 Å². The first kappa shape index (κ1) is 18.3. The minimum Gasteiger partial charge on any atom is -0.440 e. The Morgan fingerprint density at radius 2 is 2.05 bits per heavy atom. The zero-order valence-corrected chi connectivity index (χ0v) is 14.1. The monoisotopic (exact) mass is 376 g/mol. The molecule has 6 amide bonds. The first-order chi connectivity index (χ1) is 10.4. The second-order valence-corrected chi connectivity index (χ2v) is 5.63. The molecule has 0 aliphatic carbocycles. The molecule has 8 nitrogen and oxygen atoms in total. The van der Waals surface area contributed by atoms with Crippen molar-refractivity contribution in [2.24, 2.45) is 0 Å². The number of imide groups is 4. The van der Waals surface area contributed by atoms with Crippen molar-refractivity contribution in [2.75, 3.05) is 13.7 Å². The first-order valence-electron chi connectivity index (χ1n) is 6.96. The Balaban J connectivity index is 2.74. The van der Waals surface area contributed by atoms with Crippen LogP contribution in [0, 0.1) is 0 Å². The van der Waals surface area contributed by atoms with Crippen molar-refractivity contribution in [3.8, 4) is 0 Å². The number of hydrogen-bond donors (Lipinski definition) is 1. The SMILES string of the molecule is CCCCCCNC(=O)[N+]1=CC(Br)C(=O)N(C(=O)OC)C1=O. The number of amides is 6.